The van der Waals surface area contributed by atoms with Gasteiger partial charge in [-0.05, 0) is 45.7 Å². The van der Waals surface area contributed by atoms with Gasteiger partial charge in [0.2, 0.25) is 0 Å². The van der Waals surface area contributed by atoms with Gasteiger partial charge >= 0.3 is 0 Å². The van der Waals surface area contributed by atoms with E-state index in [1.54, 1.807) is 4.68 Å². The van der Waals surface area contributed by atoms with Gasteiger partial charge in [0, 0.05) is 18.4 Å². The third-order valence-corrected chi connectivity index (χ3v) is 6.02. The van der Waals surface area contributed by atoms with E-state index in [2.05, 4.69) is 81.9 Å². The number of nitrogens with zero attached hydrogens (tertiary/aromatic N) is 7. The van der Waals surface area contributed by atoms with Crippen molar-refractivity contribution in [2.45, 2.75) is 46.1 Å². The topological polar surface area (TPSA) is 74.3 Å². The smallest absolute Gasteiger partial charge is 0.178 e. The second-order valence-corrected chi connectivity index (χ2v) is 8.53. The van der Waals surface area contributed by atoms with E-state index in [9.17, 15) is 0 Å². The molecule has 0 saturated heterocycles. The zero-order chi connectivity index (χ0) is 24.0. The first kappa shape index (κ1) is 22.7. The van der Waals surface area contributed by atoms with Crippen LogP contribution in [0, 0.1) is 0 Å². The predicted molar refractivity (Wildman–Crippen MR) is 137 cm³/mol. The van der Waals surface area contributed by atoms with Gasteiger partial charge in [-0.25, -0.2) is 9.67 Å². The van der Waals surface area contributed by atoms with Crippen LogP contribution < -0.4 is 0 Å². The highest BCUT2D eigenvalue weighted by molar-refractivity contribution is 5.80. The van der Waals surface area contributed by atoms with Gasteiger partial charge in [0.05, 0.1) is 5.69 Å². The fourth-order valence-corrected chi connectivity index (χ4v) is 4.04. The number of benzene rings is 3. The molecule has 0 fully saturated rings. The molecule has 7 heteroatoms. The van der Waals surface area contributed by atoms with Crippen LogP contribution in [0.1, 0.15) is 44.2 Å². The van der Waals surface area contributed by atoms with E-state index < -0.39 is 0 Å². The van der Waals surface area contributed by atoms with Crippen LogP contribution in [-0.2, 0) is 19.4 Å². The monoisotopic (exact) mass is 463 g/mol. The molecule has 2 aromatic heterocycles. The van der Waals surface area contributed by atoms with Gasteiger partial charge in [-0.1, -0.05) is 87.0 Å². The molecule has 4 aromatic rings. The van der Waals surface area contributed by atoms with Gasteiger partial charge in [-0.2, -0.15) is 9.78 Å². The molecule has 2 aliphatic rings. The lowest BCUT2D eigenvalue weighted by atomic mass is 10.0. The van der Waals surface area contributed by atoms with Gasteiger partial charge < -0.3 is 0 Å². The Morgan fingerprint density at radius 2 is 1.51 bits per heavy atom. The molecule has 0 amide bonds. The van der Waals surface area contributed by atoms with E-state index in [0.717, 1.165) is 60.0 Å². The van der Waals surface area contributed by atoms with Crippen molar-refractivity contribution in [2.75, 3.05) is 0 Å². The number of fused-ring (bicyclic) bond motifs is 1. The largest absolute Gasteiger partial charge is 0.242 e. The summed E-state index contributed by atoms with van der Waals surface area (Å²) in [6, 6.07) is 26.9. The quantitative estimate of drug-likeness (QED) is 0.296. The molecule has 176 valence electrons. The average Bonchev–Trinajstić information content (AvgIpc) is 3.27. The van der Waals surface area contributed by atoms with Gasteiger partial charge in [0.15, 0.2) is 11.6 Å². The van der Waals surface area contributed by atoms with Crippen molar-refractivity contribution in [3.05, 3.63) is 96.3 Å². The maximum atomic E-state index is 4.69. The lowest BCUT2D eigenvalue weighted by molar-refractivity contribution is 0.585. The first-order chi connectivity index (χ1) is 17.3. The Morgan fingerprint density at radius 1 is 0.771 bits per heavy atom. The van der Waals surface area contributed by atoms with Crippen molar-refractivity contribution in [2.24, 2.45) is 0 Å². The van der Waals surface area contributed by atoms with Gasteiger partial charge in [0.1, 0.15) is 12.4 Å². The second kappa shape index (κ2) is 10.4. The van der Waals surface area contributed by atoms with E-state index >= 15 is 0 Å². The van der Waals surface area contributed by atoms with Gasteiger partial charge in [-0.15, -0.1) is 5.10 Å². The van der Waals surface area contributed by atoms with Crippen molar-refractivity contribution in [1.29, 1.82) is 0 Å². The van der Waals surface area contributed by atoms with E-state index in [0.29, 0.717) is 6.54 Å². The number of unbranched alkanes of at least 4 members (excludes halogenated alkanes) is 1. The second-order valence-electron chi connectivity index (χ2n) is 8.53. The van der Waals surface area contributed by atoms with Crippen LogP contribution >= 0.6 is 0 Å². The first-order valence-corrected chi connectivity index (χ1v) is 12.2. The number of hydrogen-bond acceptors (Lipinski definition) is 5. The summed E-state index contributed by atoms with van der Waals surface area (Å²) in [6.45, 7) is 4.74. The maximum Gasteiger partial charge on any atom is 0.178 e. The normalized spacial score (nSPS) is 11.1. The highest BCUT2D eigenvalue weighted by Gasteiger charge is 2.16. The zero-order valence-corrected chi connectivity index (χ0v) is 20.2. The summed E-state index contributed by atoms with van der Waals surface area (Å²) >= 11 is 0. The van der Waals surface area contributed by atoms with Crippen LogP contribution in [0.5, 0.6) is 0 Å². The number of rotatable bonds is 8. The molecule has 2 aliphatic carbocycles. The highest BCUT2D eigenvalue weighted by atomic mass is 15.6. The number of hydrogen-bond donors (Lipinski definition) is 0. The average molecular weight is 464 g/mol. The fourth-order valence-electron chi connectivity index (χ4n) is 4.04. The van der Waals surface area contributed by atoms with Crippen molar-refractivity contribution in [1.82, 2.24) is 35.0 Å². The Hall–Kier alpha value is -4.13. The van der Waals surface area contributed by atoms with Crippen LogP contribution in [0.25, 0.3) is 27.9 Å². The van der Waals surface area contributed by atoms with Crippen LogP contribution in [-0.4, -0.2) is 35.0 Å². The third kappa shape index (κ3) is 5.19. The summed E-state index contributed by atoms with van der Waals surface area (Å²) in [5, 5.41) is 17.2. The number of aromatic nitrogens is 7. The van der Waals surface area contributed by atoms with E-state index in [-0.39, 0.29) is 0 Å². The SMILES string of the molecule is CCCCc1nc(CC)nn1Cc1nnnn1-c1ccccc1-c1ccccc1.c1cc2cc-2c1. The molecule has 7 nitrogen and oxygen atoms in total. The molecule has 2 heterocycles. The summed E-state index contributed by atoms with van der Waals surface area (Å²) < 4.78 is 3.75. The van der Waals surface area contributed by atoms with E-state index in [1.165, 1.54) is 11.1 Å². The summed E-state index contributed by atoms with van der Waals surface area (Å²) in [4.78, 5) is 4.69. The van der Waals surface area contributed by atoms with Crippen LogP contribution in [0.15, 0.2) is 78.9 Å². The molecule has 35 heavy (non-hydrogen) atoms. The first-order valence-electron chi connectivity index (χ1n) is 12.2. The van der Waals surface area contributed by atoms with Crippen LogP contribution in [0.4, 0.5) is 0 Å². The molecule has 0 unspecified atom stereocenters. The molecule has 0 radical (unpaired) electrons. The summed E-state index contributed by atoms with van der Waals surface area (Å²) in [5.41, 5.74) is 6.01. The molecule has 6 rings (SSSR count). The molecule has 0 bridgehead atoms. The molecule has 0 spiro atoms. The predicted octanol–water partition coefficient (Wildman–Crippen LogP) is 5.54. The summed E-state index contributed by atoms with van der Waals surface area (Å²) in [6.07, 6.45) is 3.93. The minimum absolute atomic E-state index is 0.488. The molecule has 2 aromatic carbocycles. The lowest BCUT2D eigenvalue weighted by Crippen LogP contribution is -2.13. The Balaban J connectivity index is 0.000000362. The molecular weight excluding hydrogens is 434 g/mol. The fraction of sp³-hybridized carbons (Fsp3) is 0.250. The maximum absolute atomic E-state index is 4.69. The van der Waals surface area contributed by atoms with E-state index in [4.69, 9.17) is 0 Å². The molecular formula is C28H29N7. The van der Waals surface area contributed by atoms with Crippen molar-refractivity contribution >= 4 is 0 Å². The number of aryl methyl sites for hydroxylation is 2. The van der Waals surface area contributed by atoms with Crippen LogP contribution in [0.2, 0.25) is 0 Å². The standard InChI is InChI=1S/C22H25N7.C6H4/c1-3-5-15-21-23-20(4-2)25-28(21)16-22-24-26-27-29(22)19-14-10-9-13-18(19)17-11-7-6-8-12-17;1-2-5-4-6(5)3-1/h6-14H,3-5,15-16H2,1-2H3;1-4H. The van der Waals surface area contributed by atoms with Gasteiger partial charge in [0.25, 0.3) is 0 Å². The molecule has 0 aliphatic heterocycles. The van der Waals surface area contributed by atoms with Crippen LogP contribution in [0.3, 0.4) is 0 Å². The number of tetrazole rings is 1. The molecule has 0 atom stereocenters. The van der Waals surface area contributed by atoms with Crippen molar-refractivity contribution in [3.63, 3.8) is 0 Å². The summed E-state index contributed by atoms with van der Waals surface area (Å²) in [7, 11) is 0. The highest BCUT2D eigenvalue weighted by Crippen LogP contribution is 2.32. The third-order valence-electron chi connectivity index (χ3n) is 6.02. The van der Waals surface area contributed by atoms with E-state index in [1.807, 2.05) is 41.1 Å². The van der Waals surface area contributed by atoms with Crippen molar-refractivity contribution in [3.8, 4) is 27.9 Å². The van der Waals surface area contributed by atoms with Gasteiger partial charge in [-0.3, -0.25) is 0 Å². The zero-order valence-electron chi connectivity index (χ0n) is 20.2. The Morgan fingerprint density at radius 3 is 2.20 bits per heavy atom. The molecule has 0 N–H and O–H groups in total. The minimum Gasteiger partial charge on any atom is -0.242 e. The number of para-hydroxylation sites is 1. The molecule has 0 saturated carbocycles. The summed E-state index contributed by atoms with van der Waals surface area (Å²) in [5.74, 6) is 2.59. The lowest BCUT2D eigenvalue weighted by Gasteiger charge is -2.11. The van der Waals surface area contributed by atoms with Crippen molar-refractivity contribution < 1.29 is 0 Å². The Bertz CT molecular complexity index is 1380. The Kier molecular flexibility index (Phi) is 6.75. The minimum atomic E-state index is 0.488. The Labute approximate surface area is 205 Å².